The van der Waals surface area contributed by atoms with Crippen LogP contribution >= 0.6 is 92.8 Å². The summed E-state index contributed by atoms with van der Waals surface area (Å²) in [5.41, 5.74) is 10.9. The highest BCUT2D eigenvalue weighted by molar-refractivity contribution is 6.33. The van der Waals surface area contributed by atoms with E-state index in [1.807, 2.05) is 109 Å². The van der Waals surface area contributed by atoms with Gasteiger partial charge in [-0.15, -0.1) is 0 Å². The van der Waals surface area contributed by atoms with Crippen molar-refractivity contribution in [2.24, 2.45) is 0 Å². The zero-order valence-corrected chi connectivity index (χ0v) is 61.3. The van der Waals surface area contributed by atoms with Crippen LogP contribution < -0.4 is 26.6 Å². The lowest BCUT2D eigenvalue weighted by molar-refractivity contribution is 0.0939. The van der Waals surface area contributed by atoms with Gasteiger partial charge in [0.2, 0.25) is 0 Å². The van der Waals surface area contributed by atoms with E-state index in [-0.39, 0.29) is 59.2 Å². The van der Waals surface area contributed by atoms with Gasteiger partial charge in [-0.05, 0) is 186 Å². The van der Waals surface area contributed by atoms with Crippen molar-refractivity contribution >= 4 is 177 Å². The van der Waals surface area contributed by atoms with Crippen LogP contribution in [0.25, 0.3) is 54.5 Å². The summed E-state index contributed by atoms with van der Waals surface area (Å²) in [4.78, 5) is 75.9. The molecule has 15 rings (SSSR count). The number of amides is 5. The minimum absolute atomic E-state index is 0.0343. The van der Waals surface area contributed by atoms with E-state index < -0.39 is 17.5 Å². The van der Waals surface area contributed by atoms with Crippen LogP contribution in [0.1, 0.15) is 80.3 Å². The Balaban J connectivity index is 0.000000132. The van der Waals surface area contributed by atoms with Crippen LogP contribution in [0.15, 0.2) is 237 Å². The molecule has 0 aliphatic rings. The van der Waals surface area contributed by atoms with Crippen molar-refractivity contribution in [1.82, 2.24) is 51.5 Å². The molecule has 0 spiro atoms. The molecule has 536 valence electrons. The van der Waals surface area contributed by atoms with E-state index in [1.165, 1.54) is 36.4 Å². The number of carbonyl (C=O) groups excluding carboxylic acids is 5. The first-order chi connectivity index (χ1) is 51.0. The maximum absolute atomic E-state index is 13.1. The second-order valence-electron chi connectivity index (χ2n) is 23.7. The molecule has 0 unspecified atom stereocenters. The molecule has 0 saturated heterocycles. The predicted molar refractivity (Wildman–Crippen MR) is 420 cm³/mol. The lowest BCUT2D eigenvalue weighted by Crippen LogP contribution is -2.23. The van der Waals surface area contributed by atoms with Crippen LogP contribution in [0.2, 0.25) is 40.2 Å². The third-order valence-corrected chi connectivity index (χ3v) is 18.2. The Bertz CT molecular complexity index is 5640. The largest absolute Gasteiger partial charge is 0.351 e. The van der Waals surface area contributed by atoms with E-state index in [0.29, 0.717) is 77.3 Å². The second-order valence-corrected chi connectivity index (χ2v) is 27.1. The van der Waals surface area contributed by atoms with Crippen molar-refractivity contribution in [3.05, 3.63) is 351 Å². The Hall–Kier alpha value is -10.6. The number of carbonyl (C=O) groups is 5. The van der Waals surface area contributed by atoms with Crippen LogP contribution in [0.5, 0.6) is 0 Å². The first kappa shape index (κ1) is 76.5. The molecule has 5 aromatic heterocycles. The Labute approximate surface area is 644 Å². The number of aromatic nitrogens is 5. The van der Waals surface area contributed by atoms with Crippen molar-refractivity contribution in [3.8, 4) is 0 Å². The van der Waals surface area contributed by atoms with E-state index in [9.17, 15) is 37.1 Å². The molecule has 10 aromatic carbocycles. The summed E-state index contributed by atoms with van der Waals surface area (Å²) in [5.74, 6) is -2.37. The molecule has 15 aromatic rings. The van der Waals surface area contributed by atoms with Gasteiger partial charge >= 0.3 is 0 Å². The van der Waals surface area contributed by atoms with Crippen molar-refractivity contribution in [1.29, 1.82) is 0 Å². The van der Waals surface area contributed by atoms with E-state index in [4.69, 9.17) is 92.8 Å². The van der Waals surface area contributed by atoms with E-state index in [1.54, 1.807) is 91.0 Å². The molecule has 10 N–H and O–H groups in total. The van der Waals surface area contributed by atoms with Crippen molar-refractivity contribution < 1.29 is 37.1 Å². The summed E-state index contributed by atoms with van der Waals surface area (Å²) in [6.07, 6.45) is 0. The molecule has 0 radical (unpaired) electrons. The highest BCUT2D eigenvalue weighted by atomic mass is 35.5. The average molecular weight is 1580 g/mol. The molecule has 0 saturated carbocycles. The maximum atomic E-state index is 13.1. The van der Waals surface area contributed by atoms with Crippen LogP contribution in [0.3, 0.4) is 0 Å². The Kier molecular flexibility index (Phi) is 25.9. The first-order valence-electron chi connectivity index (χ1n) is 32.2. The smallest absolute Gasteiger partial charge is 0.267 e. The van der Waals surface area contributed by atoms with E-state index in [0.717, 1.165) is 76.8 Å². The third-order valence-electron chi connectivity index (χ3n) is 16.1. The summed E-state index contributed by atoms with van der Waals surface area (Å²) in [6, 6.07) is 68.0. The van der Waals surface area contributed by atoms with Gasteiger partial charge in [0.05, 0.1) is 10.0 Å². The van der Waals surface area contributed by atoms with Gasteiger partial charge in [-0.2, -0.15) is 0 Å². The third kappa shape index (κ3) is 21.1. The van der Waals surface area contributed by atoms with Crippen LogP contribution in [-0.2, 0) is 32.7 Å². The number of hydrogen-bond acceptors (Lipinski definition) is 5. The van der Waals surface area contributed by atoms with Crippen molar-refractivity contribution in [3.63, 3.8) is 0 Å². The molecule has 0 fully saturated rings. The summed E-state index contributed by atoms with van der Waals surface area (Å²) < 4.78 is 39.1. The van der Waals surface area contributed by atoms with Gasteiger partial charge in [-0.25, -0.2) is 13.2 Å². The van der Waals surface area contributed by atoms with E-state index in [2.05, 4.69) is 51.5 Å². The van der Waals surface area contributed by atoms with Gasteiger partial charge < -0.3 is 51.5 Å². The molecule has 0 atom stereocenters. The highest BCUT2D eigenvalue weighted by Gasteiger charge is 2.16. The molecule has 5 heterocycles. The topological polar surface area (TPSA) is 224 Å². The van der Waals surface area contributed by atoms with E-state index >= 15 is 0 Å². The summed E-state index contributed by atoms with van der Waals surface area (Å²) in [5, 5.41) is 22.3. The fourth-order valence-electron chi connectivity index (χ4n) is 10.7. The zero-order chi connectivity index (χ0) is 75.0. The lowest BCUT2D eigenvalue weighted by atomic mass is 10.2. The van der Waals surface area contributed by atoms with Gasteiger partial charge in [0.25, 0.3) is 29.5 Å². The Morgan fingerprint density at radius 3 is 0.972 bits per heavy atom. The molecular weight excluding hydrogens is 1520 g/mol. The second kappa shape index (κ2) is 35.9. The van der Waals surface area contributed by atoms with Gasteiger partial charge in [0.15, 0.2) is 0 Å². The molecule has 0 bridgehead atoms. The molecule has 5 amide bonds. The predicted octanol–water partition coefficient (Wildman–Crippen LogP) is 21.1. The highest BCUT2D eigenvalue weighted by Crippen LogP contribution is 2.26. The van der Waals surface area contributed by atoms with Gasteiger partial charge in [0.1, 0.15) is 45.9 Å². The zero-order valence-electron chi connectivity index (χ0n) is 55.3. The minimum atomic E-state index is -0.482. The maximum Gasteiger partial charge on any atom is 0.267 e. The number of fused-ring (bicyclic) bond motifs is 5. The SMILES string of the molecule is O=C(NCc1ccc(Cl)cc1)c1cc2cc(Cl)ccc2[nH]1.O=C(NCc1ccc(F)c(Cl)c1)c1cc2cc(Cl)ccc2[nH]1.O=C(NCc1ccc(F)c(Cl)c1)c1cc2ccccc2[nH]1.O=C(NCc1ccc(F)cc1Cl)c1cc2ccccc2[nH]1.O=C(NCc1cccc(Cl)c1)c1cc2cc(Cl)ccc2[nH]1. The summed E-state index contributed by atoms with van der Waals surface area (Å²) in [6.45, 7) is 1.66. The van der Waals surface area contributed by atoms with Crippen LogP contribution in [0.4, 0.5) is 13.2 Å². The molecular formula is C80H59Cl8F3N10O5. The monoisotopic (exact) mass is 1580 g/mol. The number of hydrogen-bond donors (Lipinski definition) is 10. The van der Waals surface area contributed by atoms with Crippen molar-refractivity contribution in [2.75, 3.05) is 0 Å². The average Bonchev–Trinajstić information content (AvgIpc) is 1.70. The number of para-hydroxylation sites is 2. The quantitative estimate of drug-likeness (QED) is 0.0482. The number of H-pyrrole nitrogens is 5. The molecule has 0 aliphatic carbocycles. The fourth-order valence-corrected chi connectivity index (χ4v) is 12.2. The van der Waals surface area contributed by atoms with Gasteiger partial charge in [0, 0.05) is 117 Å². The van der Waals surface area contributed by atoms with Crippen LogP contribution in [-0.4, -0.2) is 54.5 Å². The lowest BCUT2D eigenvalue weighted by Gasteiger charge is -2.06. The summed E-state index contributed by atoms with van der Waals surface area (Å²) in [7, 11) is 0. The van der Waals surface area contributed by atoms with Gasteiger partial charge in [-0.1, -0.05) is 172 Å². The standard InChI is InChI=1S/C16H11Cl2FN2O.2C16H12Cl2N2O.2C16H12ClFN2O/c17-11-2-4-14-10(6-11)7-15(21-14)16(22)20-8-9-1-3-13(19)12(18)5-9;17-12-3-1-10(2-4-12)9-19-16(21)15-8-11-7-13(18)5-6-14(11)20-15;17-12-3-1-2-10(6-12)9-19-16(21)15-8-11-7-13(18)4-5-14(11)20-15;17-12-7-10(5-6-13(12)18)9-19-16(21)15-8-11-3-1-2-4-14(11)20-15;17-13-8-12(18)6-5-11(13)9-19-16(21)15-7-10-3-1-2-4-14(10)20-15/h1-7,21H,8H2,(H,20,22);4*1-8,20H,9H2,(H,19,21). The van der Waals surface area contributed by atoms with Crippen molar-refractivity contribution in [2.45, 2.75) is 32.7 Å². The Morgan fingerprint density at radius 1 is 0.264 bits per heavy atom. The number of halogens is 11. The molecule has 106 heavy (non-hydrogen) atoms. The number of rotatable bonds is 15. The molecule has 26 heteroatoms. The minimum Gasteiger partial charge on any atom is -0.351 e. The normalized spacial score (nSPS) is 10.8. The number of nitrogens with one attached hydrogen (secondary N) is 10. The summed E-state index contributed by atoms with van der Waals surface area (Å²) >= 11 is 46.9. The van der Waals surface area contributed by atoms with Gasteiger partial charge in [-0.3, -0.25) is 24.0 Å². The first-order valence-corrected chi connectivity index (χ1v) is 35.3. The number of aromatic amines is 5. The molecule has 0 aliphatic heterocycles. The number of benzene rings is 10. The molecule has 15 nitrogen and oxygen atoms in total. The Morgan fingerprint density at radius 2 is 0.594 bits per heavy atom. The van der Waals surface area contributed by atoms with Crippen LogP contribution in [0, 0.1) is 17.5 Å². The fraction of sp³-hybridized carbons (Fsp3) is 0.0625.